The molecule has 0 amide bonds. The predicted molar refractivity (Wildman–Crippen MR) is 83.9 cm³/mol. The van der Waals surface area contributed by atoms with Gasteiger partial charge in [0.1, 0.15) is 0 Å². The van der Waals surface area contributed by atoms with Crippen molar-refractivity contribution < 1.29 is 0 Å². The largest absolute Gasteiger partial charge is 0.367 e. The zero-order valence-electron chi connectivity index (χ0n) is 12.7. The van der Waals surface area contributed by atoms with Crippen LogP contribution in [0.4, 0.5) is 5.69 Å². The van der Waals surface area contributed by atoms with Crippen LogP contribution in [0.15, 0.2) is 24.3 Å². The lowest BCUT2D eigenvalue weighted by molar-refractivity contribution is 0.459. The van der Waals surface area contributed by atoms with E-state index in [1.807, 2.05) is 0 Å². The highest BCUT2D eigenvalue weighted by molar-refractivity contribution is 5.59. The van der Waals surface area contributed by atoms with E-state index in [0.29, 0.717) is 12.1 Å². The summed E-state index contributed by atoms with van der Waals surface area (Å²) in [6.07, 6.45) is 4.94. The van der Waals surface area contributed by atoms with Crippen LogP contribution in [0.25, 0.3) is 0 Å². The number of benzene rings is 1. The Morgan fingerprint density at radius 2 is 2.05 bits per heavy atom. The third-order valence-corrected chi connectivity index (χ3v) is 4.09. The maximum atomic E-state index is 3.71. The molecule has 0 spiro atoms. The molecule has 106 valence electrons. The van der Waals surface area contributed by atoms with E-state index in [4.69, 9.17) is 0 Å². The lowest BCUT2D eigenvalue weighted by Crippen LogP contribution is -2.43. The molecular formula is C17H28N2. The van der Waals surface area contributed by atoms with Gasteiger partial charge in [0.05, 0.1) is 0 Å². The van der Waals surface area contributed by atoms with Crippen molar-refractivity contribution in [2.45, 2.75) is 58.5 Å². The smallest absolute Gasteiger partial charge is 0.0402 e. The van der Waals surface area contributed by atoms with Crippen molar-refractivity contribution in [3.63, 3.8) is 0 Å². The monoisotopic (exact) mass is 260 g/mol. The van der Waals surface area contributed by atoms with Gasteiger partial charge in [-0.1, -0.05) is 38.5 Å². The molecule has 0 saturated heterocycles. The normalized spacial score (nSPS) is 19.5. The van der Waals surface area contributed by atoms with Gasteiger partial charge in [-0.25, -0.2) is 0 Å². The van der Waals surface area contributed by atoms with Crippen LogP contribution < -0.4 is 10.2 Å². The summed E-state index contributed by atoms with van der Waals surface area (Å²) in [7, 11) is 0. The third kappa shape index (κ3) is 3.50. The van der Waals surface area contributed by atoms with Gasteiger partial charge in [0.25, 0.3) is 0 Å². The van der Waals surface area contributed by atoms with E-state index >= 15 is 0 Å². The summed E-state index contributed by atoms with van der Waals surface area (Å²) in [5.74, 6) is 0. The molecule has 2 unspecified atom stereocenters. The fourth-order valence-electron chi connectivity index (χ4n) is 3.10. The summed E-state index contributed by atoms with van der Waals surface area (Å²) < 4.78 is 0. The van der Waals surface area contributed by atoms with E-state index in [-0.39, 0.29) is 0 Å². The van der Waals surface area contributed by atoms with E-state index in [0.717, 1.165) is 13.1 Å². The molecule has 2 heteroatoms. The number of rotatable bonds is 7. The Balaban J connectivity index is 2.04. The van der Waals surface area contributed by atoms with Gasteiger partial charge in [0.2, 0.25) is 0 Å². The van der Waals surface area contributed by atoms with Crippen LogP contribution in [-0.2, 0) is 6.42 Å². The number of hydrogen-bond acceptors (Lipinski definition) is 2. The Labute approximate surface area is 118 Å². The highest BCUT2D eigenvalue weighted by atomic mass is 15.2. The van der Waals surface area contributed by atoms with Gasteiger partial charge in [0, 0.05) is 24.3 Å². The van der Waals surface area contributed by atoms with Crippen LogP contribution in [-0.4, -0.2) is 25.2 Å². The summed E-state index contributed by atoms with van der Waals surface area (Å²) in [5, 5.41) is 3.71. The van der Waals surface area contributed by atoms with Crippen LogP contribution in [0, 0.1) is 0 Å². The number of hydrogen-bond donors (Lipinski definition) is 1. The molecule has 0 saturated carbocycles. The highest BCUT2D eigenvalue weighted by Crippen LogP contribution is 2.31. The van der Waals surface area contributed by atoms with Crippen molar-refractivity contribution in [1.29, 1.82) is 0 Å². The third-order valence-electron chi connectivity index (χ3n) is 4.09. The van der Waals surface area contributed by atoms with Gasteiger partial charge in [-0.15, -0.1) is 0 Å². The second-order valence-electron chi connectivity index (χ2n) is 5.77. The Bertz CT molecular complexity index is 389. The molecule has 1 aromatic carbocycles. The number of nitrogens with one attached hydrogen (secondary N) is 1. The summed E-state index contributed by atoms with van der Waals surface area (Å²) in [6, 6.07) is 10.1. The second-order valence-corrected chi connectivity index (χ2v) is 5.77. The molecule has 1 aromatic rings. The van der Waals surface area contributed by atoms with Crippen molar-refractivity contribution in [3.05, 3.63) is 29.8 Å². The SMILES string of the molecule is CCCNC(CCC)CN1c2ccccc2CC1C. The average Bonchev–Trinajstić information content (AvgIpc) is 2.73. The van der Waals surface area contributed by atoms with Crippen molar-refractivity contribution in [1.82, 2.24) is 5.32 Å². The minimum absolute atomic E-state index is 0.624. The molecule has 1 aliphatic heterocycles. The first-order valence-electron chi connectivity index (χ1n) is 7.84. The summed E-state index contributed by atoms with van der Waals surface area (Å²) >= 11 is 0. The van der Waals surface area contributed by atoms with Crippen LogP contribution in [0.1, 0.15) is 45.6 Å². The second kappa shape index (κ2) is 6.95. The van der Waals surface area contributed by atoms with E-state index in [1.54, 1.807) is 0 Å². The number of para-hydroxylation sites is 1. The number of anilines is 1. The van der Waals surface area contributed by atoms with Gasteiger partial charge in [-0.2, -0.15) is 0 Å². The van der Waals surface area contributed by atoms with Crippen LogP contribution in [0.3, 0.4) is 0 Å². The Kier molecular flexibility index (Phi) is 5.26. The minimum Gasteiger partial charge on any atom is -0.367 e. The van der Waals surface area contributed by atoms with Gasteiger partial charge in [0.15, 0.2) is 0 Å². The first-order chi connectivity index (χ1) is 9.26. The average molecular weight is 260 g/mol. The zero-order chi connectivity index (χ0) is 13.7. The van der Waals surface area contributed by atoms with Crippen molar-refractivity contribution in [3.8, 4) is 0 Å². The van der Waals surface area contributed by atoms with E-state index in [1.165, 1.54) is 36.9 Å². The topological polar surface area (TPSA) is 15.3 Å². The zero-order valence-corrected chi connectivity index (χ0v) is 12.7. The minimum atomic E-state index is 0.624. The molecule has 19 heavy (non-hydrogen) atoms. The van der Waals surface area contributed by atoms with Gasteiger partial charge in [-0.05, 0) is 44.4 Å². The van der Waals surface area contributed by atoms with Crippen LogP contribution in [0.5, 0.6) is 0 Å². The van der Waals surface area contributed by atoms with E-state index < -0.39 is 0 Å². The van der Waals surface area contributed by atoms with Crippen LogP contribution >= 0.6 is 0 Å². The summed E-state index contributed by atoms with van der Waals surface area (Å²) in [6.45, 7) is 9.15. The molecule has 0 fully saturated rings. The molecular weight excluding hydrogens is 232 g/mol. The molecule has 0 aromatic heterocycles. The quantitative estimate of drug-likeness (QED) is 0.805. The predicted octanol–water partition coefficient (Wildman–Crippen LogP) is 3.61. The molecule has 0 bridgehead atoms. The number of nitrogens with zero attached hydrogens (tertiary/aromatic N) is 1. The van der Waals surface area contributed by atoms with Crippen molar-refractivity contribution in [2.75, 3.05) is 18.0 Å². The van der Waals surface area contributed by atoms with Crippen molar-refractivity contribution in [2.24, 2.45) is 0 Å². The maximum absolute atomic E-state index is 3.71. The van der Waals surface area contributed by atoms with Gasteiger partial charge < -0.3 is 10.2 Å². The molecule has 2 rings (SSSR count). The fourth-order valence-corrected chi connectivity index (χ4v) is 3.10. The first-order valence-corrected chi connectivity index (χ1v) is 7.84. The Hall–Kier alpha value is -1.02. The lowest BCUT2D eigenvalue weighted by atomic mass is 10.1. The number of fused-ring (bicyclic) bond motifs is 1. The molecule has 1 aliphatic rings. The Morgan fingerprint density at radius 1 is 1.26 bits per heavy atom. The van der Waals surface area contributed by atoms with Crippen LogP contribution in [0.2, 0.25) is 0 Å². The van der Waals surface area contributed by atoms with E-state index in [2.05, 4.69) is 55.3 Å². The molecule has 2 nitrogen and oxygen atoms in total. The Morgan fingerprint density at radius 3 is 2.79 bits per heavy atom. The summed E-state index contributed by atoms with van der Waals surface area (Å²) in [5.41, 5.74) is 2.97. The summed E-state index contributed by atoms with van der Waals surface area (Å²) in [4.78, 5) is 2.60. The maximum Gasteiger partial charge on any atom is 0.0402 e. The molecule has 1 heterocycles. The highest BCUT2D eigenvalue weighted by Gasteiger charge is 2.27. The molecule has 0 aliphatic carbocycles. The molecule has 1 N–H and O–H groups in total. The van der Waals surface area contributed by atoms with E-state index in [9.17, 15) is 0 Å². The van der Waals surface area contributed by atoms with Crippen molar-refractivity contribution >= 4 is 5.69 Å². The van der Waals surface area contributed by atoms with Gasteiger partial charge in [-0.3, -0.25) is 0 Å². The van der Waals surface area contributed by atoms with Gasteiger partial charge >= 0.3 is 0 Å². The molecule has 0 radical (unpaired) electrons. The lowest BCUT2D eigenvalue weighted by Gasteiger charge is -2.30. The standard InChI is InChI=1S/C17H28N2/c1-4-8-16(18-11-5-2)13-19-14(3)12-15-9-6-7-10-17(15)19/h6-7,9-10,14,16,18H,4-5,8,11-13H2,1-3H3. The first kappa shape index (κ1) is 14.4. The molecule has 2 atom stereocenters. The fraction of sp³-hybridized carbons (Fsp3) is 0.647.